The number of carbonyl (C=O) groups excluding carboxylic acids is 1. The van der Waals surface area contributed by atoms with Crippen LogP contribution in [0.4, 0.5) is 0 Å². The third kappa shape index (κ3) is 2.87. The molecule has 0 atom stereocenters. The van der Waals surface area contributed by atoms with Crippen LogP contribution in [0.5, 0.6) is 0 Å². The van der Waals surface area contributed by atoms with E-state index in [4.69, 9.17) is 4.84 Å². The highest BCUT2D eigenvalue weighted by Gasteiger charge is 2.25. The van der Waals surface area contributed by atoms with Crippen LogP contribution in [0.25, 0.3) is 11.1 Å². The zero-order chi connectivity index (χ0) is 18.9. The van der Waals surface area contributed by atoms with Gasteiger partial charge in [0.05, 0.1) is 0 Å². The van der Waals surface area contributed by atoms with E-state index in [0.717, 1.165) is 40.9 Å². The Morgan fingerprint density at radius 3 is 2.07 bits per heavy atom. The third-order valence-corrected chi connectivity index (χ3v) is 5.48. The Hall–Kier alpha value is -3.40. The quantitative estimate of drug-likeness (QED) is 0.513. The number of rotatable bonds is 3. The van der Waals surface area contributed by atoms with Crippen molar-refractivity contribution in [1.29, 1.82) is 0 Å². The van der Waals surface area contributed by atoms with E-state index in [-0.39, 0.29) is 12.5 Å². The van der Waals surface area contributed by atoms with E-state index in [1.165, 1.54) is 11.1 Å². The molecule has 1 aliphatic heterocycles. The Morgan fingerprint density at radius 2 is 1.39 bits per heavy atom. The average molecular weight is 368 g/mol. The molecule has 3 aromatic carbocycles. The van der Waals surface area contributed by atoms with Crippen molar-refractivity contribution in [2.24, 2.45) is 5.16 Å². The van der Waals surface area contributed by atoms with Gasteiger partial charge in [0, 0.05) is 24.2 Å². The summed E-state index contributed by atoms with van der Waals surface area (Å²) < 4.78 is 0. The van der Waals surface area contributed by atoms with Gasteiger partial charge in [-0.05, 0) is 28.7 Å². The van der Waals surface area contributed by atoms with Crippen molar-refractivity contribution >= 4 is 11.6 Å². The second kappa shape index (κ2) is 6.97. The Kier molecular flexibility index (Phi) is 4.17. The lowest BCUT2D eigenvalue weighted by molar-refractivity contribution is -0.137. The lowest BCUT2D eigenvalue weighted by atomic mass is 10.00. The number of hydrogen-bond acceptors (Lipinski definition) is 3. The minimum atomic E-state index is -0.0456. The van der Waals surface area contributed by atoms with Crippen molar-refractivity contribution < 1.29 is 9.63 Å². The van der Waals surface area contributed by atoms with Gasteiger partial charge in [-0.1, -0.05) is 78.0 Å². The van der Waals surface area contributed by atoms with Gasteiger partial charge in [0.1, 0.15) is 5.71 Å². The summed E-state index contributed by atoms with van der Waals surface area (Å²) in [4.78, 5) is 20.0. The SMILES string of the molecule is O=C(CON=C1c2ccccc2-c2ccccc21)N1CCc2ccccc2C1. The summed E-state index contributed by atoms with van der Waals surface area (Å²) in [5.74, 6) is -0.0292. The van der Waals surface area contributed by atoms with E-state index in [9.17, 15) is 4.79 Å². The fraction of sp³-hybridized carbons (Fsp3) is 0.167. The van der Waals surface area contributed by atoms with Gasteiger partial charge < -0.3 is 9.74 Å². The predicted molar refractivity (Wildman–Crippen MR) is 109 cm³/mol. The van der Waals surface area contributed by atoms with Crippen molar-refractivity contribution in [2.45, 2.75) is 13.0 Å². The summed E-state index contributed by atoms with van der Waals surface area (Å²) in [6.07, 6.45) is 0.886. The number of oxime groups is 1. The molecular weight excluding hydrogens is 348 g/mol. The maximum Gasteiger partial charge on any atom is 0.263 e. The summed E-state index contributed by atoms with van der Waals surface area (Å²) in [6, 6.07) is 24.6. The lowest BCUT2D eigenvalue weighted by Gasteiger charge is -2.28. The number of fused-ring (bicyclic) bond motifs is 4. The van der Waals surface area contributed by atoms with Crippen LogP contribution in [0.3, 0.4) is 0 Å². The molecule has 0 spiro atoms. The smallest absolute Gasteiger partial charge is 0.263 e. The molecule has 4 heteroatoms. The molecule has 0 N–H and O–H groups in total. The molecular formula is C24H20N2O2. The van der Waals surface area contributed by atoms with Crippen molar-refractivity contribution in [3.8, 4) is 11.1 Å². The minimum absolute atomic E-state index is 0.0292. The molecule has 5 rings (SSSR count). The Bertz CT molecular complexity index is 1040. The molecule has 0 saturated carbocycles. The van der Waals surface area contributed by atoms with E-state index in [1.807, 2.05) is 53.4 Å². The second-order valence-electron chi connectivity index (χ2n) is 7.14. The van der Waals surface area contributed by atoms with E-state index in [0.29, 0.717) is 6.54 Å². The number of hydrogen-bond donors (Lipinski definition) is 0. The molecule has 28 heavy (non-hydrogen) atoms. The summed E-state index contributed by atoms with van der Waals surface area (Å²) in [6.45, 7) is 1.32. The monoisotopic (exact) mass is 368 g/mol. The number of carbonyl (C=O) groups is 1. The molecule has 0 unspecified atom stereocenters. The molecule has 1 heterocycles. The first-order valence-electron chi connectivity index (χ1n) is 9.55. The molecule has 0 saturated heterocycles. The second-order valence-corrected chi connectivity index (χ2v) is 7.14. The first-order valence-corrected chi connectivity index (χ1v) is 9.55. The Morgan fingerprint density at radius 1 is 0.821 bits per heavy atom. The highest BCUT2D eigenvalue weighted by molar-refractivity contribution is 6.24. The van der Waals surface area contributed by atoms with Gasteiger partial charge in [-0.3, -0.25) is 4.79 Å². The summed E-state index contributed by atoms with van der Waals surface area (Å²) in [5.41, 5.74) is 7.73. The van der Waals surface area contributed by atoms with E-state index in [2.05, 4.69) is 29.4 Å². The largest absolute Gasteiger partial charge is 0.385 e. The molecule has 1 aliphatic carbocycles. The van der Waals surface area contributed by atoms with Gasteiger partial charge in [0.25, 0.3) is 5.91 Å². The average Bonchev–Trinajstić information content (AvgIpc) is 3.07. The van der Waals surface area contributed by atoms with Gasteiger partial charge in [0.2, 0.25) is 0 Å². The highest BCUT2D eigenvalue weighted by atomic mass is 16.6. The predicted octanol–water partition coefficient (Wildman–Crippen LogP) is 4.02. The van der Waals surface area contributed by atoms with E-state index in [1.54, 1.807) is 0 Å². The molecule has 2 aliphatic rings. The van der Waals surface area contributed by atoms with Crippen LogP contribution in [0, 0.1) is 0 Å². The molecule has 3 aromatic rings. The van der Waals surface area contributed by atoms with Gasteiger partial charge >= 0.3 is 0 Å². The topological polar surface area (TPSA) is 41.9 Å². The normalized spacial score (nSPS) is 14.1. The first-order chi connectivity index (χ1) is 13.8. The van der Waals surface area contributed by atoms with Gasteiger partial charge in [-0.2, -0.15) is 0 Å². The zero-order valence-electron chi connectivity index (χ0n) is 15.5. The van der Waals surface area contributed by atoms with Crippen molar-refractivity contribution in [3.63, 3.8) is 0 Å². The zero-order valence-corrected chi connectivity index (χ0v) is 15.5. The summed E-state index contributed by atoms with van der Waals surface area (Å²) >= 11 is 0. The fourth-order valence-corrected chi connectivity index (χ4v) is 4.04. The Balaban J connectivity index is 1.32. The van der Waals surface area contributed by atoms with Crippen molar-refractivity contribution in [3.05, 3.63) is 95.1 Å². The minimum Gasteiger partial charge on any atom is -0.385 e. The molecule has 0 fully saturated rings. The van der Waals surface area contributed by atoms with Crippen LogP contribution in [0.2, 0.25) is 0 Å². The van der Waals surface area contributed by atoms with E-state index < -0.39 is 0 Å². The summed E-state index contributed by atoms with van der Waals surface area (Å²) in [7, 11) is 0. The lowest BCUT2D eigenvalue weighted by Crippen LogP contribution is -2.37. The molecule has 4 nitrogen and oxygen atoms in total. The third-order valence-electron chi connectivity index (χ3n) is 5.48. The van der Waals surface area contributed by atoms with Gasteiger partial charge in [0.15, 0.2) is 6.61 Å². The van der Waals surface area contributed by atoms with Crippen LogP contribution < -0.4 is 0 Å². The molecule has 0 aromatic heterocycles. The first kappa shape index (κ1) is 16.8. The van der Waals surface area contributed by atoms with Gasteiger partial charge in [-0.15, -0.1) is 0 Å². The molecule has 1 amide bonds. The maximum atomic E-state index is 12.6. The van der Waals surface area contributed by atoms with Crippen LogP contribution in [0.15, 0.2) is 78.0 Å². The van der Waals surface area contributed by atoms with Crippen LogP contribution >= 0.6 is 0 Å². The maximum absolute atomic E-state index is 12.6. The molecule has 0 bridgehead atoms. The molecule has 0 radical (unpaired) electrons. The highest BCUT2D eigenvalue weighted by Crippen LogP contribution is 2.36. The van der Waals surface area contributed by atoms with Gasteiger partial charge in [-0.25, -0.2) is 0 Å². The van der Waals surface area contributed by atoms with Crippen LogP contribution in [-0.4, -0.2) is 29.7 Å². The molecule has 138 valence electrons. The van der Waals surface area contributed by atoms with Crippen molar-refractivity contribution in [2.75, 3.05) is 13.2 Å². The standard InChI is InChI=1S/C24H20N2O2/c27-23(26-14-13-17-7-1-2-8-18(17)15-26)16-28-25-24-21-11-5-3-9-19(21)20-10-4-6-12-22(20)24/h1-12H,13-16H2. The van der Waals surface area contributed by atoms with E-state index >= 15 is 0 Å². The number of nitrogens with zero attached hydrogens (tertiary/aromatic N) is 2. The van der Waals surface area contributed by atoms with Crippen LogP contribution in [0.1, 0.15) is 22.3 Å². The number of amides is 1. The number of benzene rings is 3. The Labute approximate surface area is 164 Å². The van der Waals surface area contributed by atoms with Crippen LogP contribution in [-0.2, 0) is 22.6 Å². The summed E-state index contributed by atoms with van der Waals surface area (Å²) in [5, 5.41) is 4.35. The fourth-order valence-electron chi connectivity index (χ4n) is 4.04. The van der Waals surface area contributed by atoms with Crippen molar-refractivity contribution in [1.82, 2.24) is 4.90 Å².